The molecule has 0 N–H and O–H groups in total. The summed E-state index contributed by atoms with van der Waals surface area (Å²) in [5.74, 6) is -1.69. The van der Waals surface area contributed by atoms with Crippen molar-refractivity contribution in [3.8, 4) is 5.75 Å². The molecule has 6 nitrogen and oxygen atoms in total. The van der Waals surface area contributed by atoms with Crippen LogP contribution in [-0.4, -0.2) is 24.2 Å². The molecule has 0 radical (unpaired) electrons. The predicted molar refractivity (Wildman–Crippen MR) is 80.6 cm³/mol. The van der Waals surface area contributed by atoms with E-state index in [1.165, 1.54) is 6.07 Å². The van der Waals surface area contributed by atoms with Crippen molar-refractivity contribution in [1.29, 1.82) is 0 Å². The average molecular weight is 356 g/mol. The van der Waals surface area contributed by atoms with Crippen LogP contribution in [0.5, 0.6) is 5.75 Å². The third-order valence-electron chi connectivity index (χ3n) is 3.57. The van der Waals surface area contributed by atoms with Gasteiger partial charge in [-0.05, 0) is 25.0 Å². The van der Waals surface area contributed by atoms with Crippen LogP contribution in [0.4, 0.5) is 8.78 Å². The Morgan fingerprint density at radius 3 is 2.62 bits per heavy atom. The van der Waals surface area contributed by atoms with Crippen molar-refractivity contribution in [2.45, 2.75) is 30.6 Å². The van der Waals surface area contributed by atoms with E-state index in [0.717, 1.165) is 23.1 Å². The second-order valence-corrected chi connectivity index (χ2v) is 7.52. The maximum atomic E-state index is 13.6. The summed E-state index contributed by atoms with van der Waals surface area (Å²) in [6.07, 6.45) is 3.35. The number of ether oxygens (including phenoxy) is 1. The lowest BCUT2D eigenvalue weighted by Crippen LogP contribution is -2.27. The summed E-state index contributed by atoms with van der Waals surface area (Å²) >= 11 is 0. The van der Waals surface area contributed by atoms with Crippen LogP contribution < -0.4 is 10.3 Å². The lowest BCUT2D eigenvalue weighted by atomic mass is 10.2. The van der Waals surface area contributed by atoms with Gasteiger partial charge in [-0.3, -0.25) is 9.36 Å². The van der Waals surface area contributed by atoms with Gasteiger partial charge in [0.2, 0.25) is 20.7 Å². The van der Waals surface area contributed by atoms with Gasteiger partial charge in [-0.25, -0.2) is 22.2 Å². The molecule has 9 heteroatoms. The highest BCUT2D eigenvalue weighted by Gasteiger charge is 2.31. The van der Waals surface area contributed by atoms with Gasteiger partial charge in [0.1, 0.15) is 18.2 Å². The number of rotatable bonds is 5. The molecule has 0 atom stereocenters. The van der Waals surface area contributed by atoms with Crippen LogP contribution in [0.2, 0.25) is 0 Å². The molecule has 1 saturated carbocycles. The number of hydrogen-bond donors (Lipinski definition) is 0. The monoisotopic (exact) mass is 356 g/mol. The molecule has 1 aromatic heterocycles. The van der Waals surface area contributed by atoms with Gasteiger partial charge >= 0.3 is 0 Å². The van der Waals surface area contributed by atoms with E-state index in [4.69, 9.17) is 4.74 Å². The second kappa shape index (κ2) is 5.97. The van der Waals surface area contributed by atoms with Gasteiger partial charge < -0.3 is 4.74 Å². The van der Waals surface area contributed by atoms with Crippen LogP contribution in [0, 0.1) is 11.6 Å². The summed E-state index contributed by atoms with van der Waals surface area (Å²) < 4.78 is 56.4. The van der Waals surface area contributed by atoms with E-state index in [-0.39, 0.29) is 29.1 Å². The van der Waals surface area contributed by atoms with Crippen LogP contribution in [0.25, 0.3) is 0 Å². The lowest BCUT2D eigenvalue weighted by Gasteiger charge is -2.12. The molecule has 0 bridgehead atoms. The standard InChI is InChI=1S/C15H14F2N2O4S/c1-24(21,22)15-18-7-13(14(20)19(15)11-4-5-11)23-8-9-2-3-10(16)6-12(9)17/h2-3,6-7,11H,4-5,8H2,1H3. The Balaban J connectivity index is 1.92. The minimum atomic E-state index is -3.66. The van der Waals surface area contributed by atoms with Crippen molar-refractivity contribution >= 4 is 9.84 Å². The number of sulfone groups is 1. The zero-order valence-electron chi connectivity index (χ0n) is 12.7. The summed E-state index contributed by atoms with van der Waals surface area (Å²) in [4.78, 5) is 16.3. The van der Waals surface area contributed by atoms with E-state index in [1.54, 1.807) is 0 Å². The van der Waals surface area contributed by atoms with E-state index in [2.05, 4.69) is 4.98 Å². The molecule has 1 aliphatic rings. The zero-order chi connectivity index (χ0) is 17.5. The van der Waals surface area contributed by atoms with Gasteiger partial charge in [0.25, 0.3) is 5.56 Å². The highest BCUT2D eigenvalue weighted by atomic mass is 32.2. The first kappa shape index (κ1) is 16.6. The fraction of sp³-hybridized carbons (Fsp3) is 0.333. The van der Waals surface area contributed by atoms with E-state index in [0.29, 0.717) is 18.9 Å². The highest BCUT2D eigenvalue weighted by molar-refractivity contribution is 7.90. The Hall–Kier alpha value is -2.29. The van der Waals surface area contributed by atoms with Crippen molar-refractivity contribution in [3.05, 3.63) is 51.9 Å². The van der Waals surface area contributed by atoms with Crippen LogP contribution in [0.1, 0.15) is 24.4 Å². The summed E-state index contributed by atoms with van der Waals surface area (Å²) in [7, 11) is -3.66. The zero-order valence-corrected chi connectivity index (χ0v) is 13.5. The molecule has 128 valence electrons. The van der Waals surface area contributed by atoms with Crippen molar-refractivity contribution in [3.63, 3.8) is 0 Å². The van der Waals surface area contributed by atoms with Crippen LogP contribution >= 0.6 is 0 Å². The fourth-order valence-electron chi connectivity index (χ4n) is 2.26. The van der Waals surface area contributed by atoms with Crippen molar-refractivity contribution in [1.82, 2.24) is 9.55 Å². The van der Waals surface area contributed by atoms with Gasteiger partial charge in [0, 0.05) is 23.9 Å². The number of hydrogen-bond acceptors (Lipinski definition) is 5. The minimum Gasteiger partial charge on any atom is -0.482 e. The first-order valence-corrected chi connectivity index (χ1v) is 9.05. The molecule has 0 saturated heterocycles. The van der Waals surface area contributed by atoms with Crippen molar-refractivity contribution < 1.29 is 21.9 Å². The van der Waals surface area contributed by atoms with E-state index in [9.17, 15) is 22.0 Å². The summed E-state index contributed by atoms with van der Waals surface area (Å²) in [5, 5.41) is -0.310. The van der Waals surface area contributed by atoms with Gasteiger partial charge in [-0.15, -0.1) is 0 Å². The van der Waals surface area contributed by atoms with E-state index >= 15 is 0 Å². The Morgan fingerprint density at radius 1 is 1.33 bits per heavy atom. The quantitative estimate of drug-likeness (QED) is 0.764. The van der Waals surface area contributed by atoms with E-state index in [1.807, 2.05) is 0 Å². The molecule has 3 rings (SSSR count). The summed E-state index contributed by atoms with van der Waals surface area (Å²) in [5.41, 5.74) is -0.559. The van der Waals surface area contributed by atoms with Gasteiger partial charge in [0.05, 0.1) is 6.20 Å². The molecule has 0 aliphatic heterocycles. The van der Waals surface area contributed by atoms with Crippen molar-refractivity contribution in [2.75, 3.05) is 6.26 Å². The van der Waals surface area contributed by atoms with Crippen LogP contribution in [-0.2, 0) is 16.4 Å². The van der Waals surface area contributed by atoms with Gasteiger partial charge in [0.15, 0.2) is 0 Å². The molecule has 2 aromatic rings. The molecule has 24 heavy (non-hydrogen) atoms. The Kier molecular flexibility index (Phi) is 4.12. The number of aromatic nitrogens is 2. The normalized spacial score (nSPS) is 14.6. The number of benzene rings is 1. The molecule has 0 amide bonds. The van der Waals surface area contributed by atoms with Crippen LogP contribution in [0.3, 0.4) is 0 Å². The maximum Gasteiger partial charge on any atom is 0.296 e. The highest BCUT2D eigenvalue weighted by Crippen LogP contribution is 2.35. The fourth-order valence-corrected chi connectivity index (χ4v) is 3.09. The smallest absolute Gasteiger partial charge is 0.296 e. The third kappa shape index (κ3) is 3.30. The van der Waals surface area contributed by atoms with Crippen molar-refractivity contribution in [2.24, 2.45) is 0 Å². The largest absolute Gasteiger partial charge is 0.482 e. The van der Waals surface area contributed by atoms with Gasteiger partial charge in [-0.2, -0.15) is 0 Å². The Bertz CT molecular complexity index is 952. The maximum absolute atomic E-state index is 13.6. The third-order valence-corrected chi connectivity index (χ3v) is 4.54. The molecule has 1 heterocycles. The molecule has 0 spiro atoms. The average Bonchev–Trinajstić information content (AvgIpc) is 3.30. The summed E-state index contributed by atoms with van der Waals surface area (Å²) in [6, 6.07) is 2.78. The molecular weight excluding hydrogens is 342 g/mol. The second-order valence-electron chi connectivity index (χ2n) is 5.61. The Morgan fingerprint density at radius 2 is 2.04 bits per heavy atom. The van der Waals surface area contributed by atoms with Crippen LogP contribution in [0.15, 0.2) is 34.3 Å². The number of nitrogens with zero attached hydrogens (tertiary/aromatic N) is 2. The number of halogens is 2. The molecule has 0 unspecified atom stereocenters. The Labute approximate surface area is 136 Å². The minimum absolute atomic E-state index is 0.0703. The SMILES string of the molecule is CS(=O)(=O)c1ncc(OCc2ccc(F)cc2F)c(=O)n1C1CC1. The molecule has 1 fully saturated rings. The van der Waals surface area contributed by atoms with E-state index < -0.39 is 27.0 Å². The molecule has 1 aliphatic carbocycles. The molecule has 1 aromatic carbocycles. The predicted octanol–water partition coefficient (Wildman–Crippen LogP) is 1.84. The summed E-state index contributed by atoms with van der Waals surface area (Å²) in [6.45, 7) is -0.300. The molecular formula is C15H14F2N2O4S. The lowest BCUT2D eigenvalue weighted by molar-refractivity contribution is 0.288. The first-order chi connectivity index (χ1) is 11.3. The topological polar surface area (TPSA) is 78.3 Å². The van der Waals surface area contributed by atoms with Gasteiger partial charge in [-0.1, -0.05) is 0 Å². The first-order valence-electron chi connectivity index (χ1n) is 7.15.